The van der Waals surface area contributed by atoms with E-state index in [1.165, 1.54) is 0 Å². The predicted octanol–water partition coefficient (Wildman–Crippen LogP) is 1.65. The van der Waals surface area contributed by atoms with Crippen molar-refractivity contribution in [3.8, 4) is 0 Å². The molecular formula is C20H25N7O2. The fourth-order valence-corrected chi connectivity index (χ4v) is 3.07. The molecule has 0 unspecified atom stereocenters. The predicted molar refractivity (Wildman–Crippen MR) is 108 cm³/mol. The highest BCUT2D eigenvalue weighted by Crippen LogP contribution is 2.17. The lowest BCUT2D eigenvalue weighted by Crippen LogP contribution is -2.25. The fraction of sp³-hybridized carbons (Fsp3) is 0.350. The summed E-state index contributed by atoms with van der Waals surface area (Å²) in [4.78, 5) is 27.6. The molecule has 2 aliphatic heterocycles. The summed E-state index contributed by atoms with van der Waals surface area (Å²) in [6.07, 6.45) is 5.21. The number of carbonyl (C=O) groups is 2. The molecule has 152 valence electrons. The molecule has 3 aromatic rings. The van der Waals surface area contributed by atoms with Crippen LogP contribution in [0.25, 0.3) is 0 Å². The summed E-state index contributed by atoms with van der Waals surface area (Å²) in [5.74, 6) is 1.54. The van der Waals surface area contributed by atoms with Crippen LogP contribution in [0.2, 0.25) is 0 Å². The van der Waals surface area contributed by atoms with Crippen molar-refractivity contribution >= 4 is 17.6 Å². The maximum atomic E-state index is 11.4. The van der Waals surface area contributed by atoms with Crippen molar-refractivity contribution < 1.29 is 9.59 Å². The van der Waals surface area contributed by atoms with Gasteiger partial charge in [-0.15, -0.1) is 5.10 Å². The van der Waals surface area contributed by atoms with Crippen molar-refractivity contribution in [1.29, 1.82) is 0 Å². The van der Waals surface area contributed by atoms with Crippen molar-refractivity contribution in [1.82, 2.24) is 24.5 Å². The number of anilines is 1. The molecule has 0 fully saturated rings. The molecular weight excluding hydrogens is 370 g/mol. The van der Waals surface area contributed by atoms with Crippen LogP contribution in [-0.4, -0.2) is 43.4 Å². The molecule has 0 saturated heterocycles. The third-order valence-electron chi connectivity index (χ3n) is 4.58. The average Bonchev–Trinajstić information content (AvgIpc) is 3.44. The second-order valence-corrected chi connectivity index (χ2v) is 6.67. The molecule has 2 aromatic heterocycles. The van der Waals surface area contributed by atoms with E-state index in [1.807, 2.05) is 47.1 Å². The highest BCUT2D eigenvalue weighted by atomic mass is 16.2. The molecule has 0 bridgehead atoms. The molecule has 2 N–H and O–H groups in total. The van der Waals surface area contributed by atoms with Crippen molar-refractivity contribution in [3.63, 3.8) is 0 Å². The molecule has 0 spiro atoms. The van der Waals surface area contributed by atoms with Crippen LogP contribution in [-0.2, 0) is 24.3 Å². The first kappa shape index (κ1) is 20.2. The summed E-state index contributed by atoms with van der Waals surface area (Å²) in [5.41, 5.74) is 5.00. The van der Waals surface area contributed by atoms with Gasteiger partial charge < -0.3 is 10.6 Å². The number of aryl methyl sites for hydroxylation is 3. The zero-order valence-electron chi connectivity index (χ0n) is 16.4. The number of hydrogen-bond acceptors (Lipinski definition) is 5. The monoisotopic (exact) mass is 395 g/mol. The van der Waals surface area contributed by atoms with E-state index in [2.05, 4.69) is 15.2 Å². The van der Waals surface area contributed by atoms with Crippen LogP contribution < -0.4 is 10.6 Å². The topological polar surface area (TPSA) is 112 Å². The van der Waals surface area contributed by atoms with Gasteiger partial charge in [0.2, 0.25) is 11.7 Å². The minimum Gasteiger partial charge on any atom is -0.363 e. The maximum absolute atomic E-state index is 11.4. The van der Waals surface area contributed by atoms with Gasteiger partial charge in [0.1, 0.15) is 11.6 Å². The molecule has 5 rings (SSSR count). The van der Waals surface area contributed by atoms with Gasteiger partial charge in [0, 0.05) is 39.0 Å². The first-order chi connectivity index (χ1) is 14.1. The van der Waals surface area contributed by atoms with Crippen LogP contribution in [0.4, 0.5) is 5.82 Å². The van der Waals surface area contributed by atoms with E-state index in [0.29, 0.717) is 6.42 Å². The first-order valence-electron chi connectivity index (χ1n) is 9.58. The Morgan fingerprint density at radius 2 is 1.62 bits per heavy atom. The van der Waals surface area contributed by atoms with Gasteiger partial charge in [-0.2, -0.15) is 5.10 Å². The zero-order chi connectivity index (χ0) is 20.6. The number of carbonyl (C=O) groups excluding carboxylic acids is 2. The highest BCUT2D eigenvalue weighted by molar-refractivity contribution is 5.92. The Hall–Kier alpha value is -3.49. The molecule has 9 heteroatoms. The van der Waals surface area contributed by atoms with E-state index >= 15 is 0 Å². The Morgan fingerprint density at radius 3 is 2.24 bits per heavy atom. The van der Waals surface area contributed by atoms with Crippen LogP contribution in [0.5, 0.6) is 0 Å². The number of fused-ring (bicyclic) bond motifs is 2. The van der Waals surface area contributed by atoms with E-state index in [1.54, 1.807) is 22.8 Å². The Labute approximate surface area is 169 Å². The van der Waals surface area contributed by atoms with Crippen molar-refractivity contribution in [2.45, 2.75) is 38.8 Å². The summed E-state index contributed by atoms with van der Waals surface area (Å²) in [6.45, 7) is 1.70. The highest BCUT2D eigenvalue weighted by Gasteiger charge is 2.18. The number of aromatic nitrogens is 5. The first-order valence-corrected chi connectivity index (χ1v) is 9.58. The molecule has 0 radical (unpaired) electrons. The number of amides is 2. The van der Waals surface area contributed by atoms with Crippen LogP contribution in [0, 0.1) is 0 Å². The second-order valence-electron chi connectivity index (χ2n) is 6.67. The van der Waals surface area contributed by atoms with Gasteiger partial charge in [0.25, 0.3) is 5.91 Å². The largest absolute Gasteiger partial charge is 0.363 e. The van der Waals surface area contributed by atoms with Crippen LogP contribution >= 0.6 is 0 Å². The third kappa shape index (κ3) is 5.28. The summed E-state index contributed by atoms with van der Waals surface area (Å²) in [6, 6.07) is 13.9. The number of benzene rings is 1. The lowest BCUT2D eigenvalue weighted by atomic mass is 10.3. The minimum atomic E-state index is -0.549. The minimum absolute atomic E-state index is 0.139. The van der Waals surface area contributed by atoms with Gasteiger partial charge in [-0.1, -0.05) is 36.4 Å². The third-order valence-corrected chi connectivity index (χ3v) is 4.58. The Balaban J connectivity index is 0.000000131. The zero-order valence-corrected chi connectivity index (χ0v) is 16.4. The SMILES string of the molecule is CN1C(=O)CCCn2nccc21.NC(=O)c1nc2n(n1)CCC2.c1ccccc1. The van der Waals surface area contributed by atoms with Gasteiger partial charge in [-0.25, -0.2) is 14.3 Å². The molecule has 4 heterocycles. The number of rotatable bonds is 1. The summed E-state index contributed by atoms with van der Waals surface area (Å²) >= 11 is 0. The normalized spacial score (nSPS) is 14.5. The number of nitrogens with two attached hydrogens (primary N) is 1. The number of hydrogen-bond donors (Lipinski definition) is 1. The molecule has 0 saturated carbocycles. The maximum Gasteiger partial charge on any atom is 0.288 e. The van der Waals surface area contributed by atoms with Crippen molar-refractivity contribution in [2.75, 3.05) is 11.9 Å². The molecule has 2 aliphatic rings. The molecule has 9 nitrogen and oxygen atoms in total. The van der Waals surface area contributed by atoms with Gasteiger partial charge >= 0.3 is 0 Å². The van der Waals surface area contributed by atoms with Gasteiger partial charge in [-0.3, -0.25) is 9.59 Å². The van der Waals surface area contributed by atoms with Gasteiger partial charge in [-0.05, 0) is 12.8 Å². The summed E-state index contributed by atoms with van der Waals surface area (Å²) in [7, 11) is 1.79. The standard InChI is InChI=1S/C8H11N3O.C6H8N4O.C6H6/c1-10-7-4-5-9-11(7)6-2-3-8(10)12;7-5(11)6-8-4-2-1-3-10(4)9-6;1-2-4-6-5-3-1/h4-5H,2-3,6H2,1H3;1-3H2,(H2,7,11);1-6H. The van der Waals surface area contributed by atoms with E-state index in [-0.39, 0.29) is 11.7 Å². The van der Waals surface area contributed by atoms with Crippen LogP contribution in [0.3, 0.4) is 0 Å². The molecule has 29 heavy (non-hydrogen) atoms. The molecule has 2 amide bonds. The Bertz CT molecular complexity index is 901. The number of nitrogens with zero attached hydrogens (tertiary/aromatic N) is 6. The van der Waals surface area contributed by atoms with Crippen molar-refractivity contribution in [3.05, 3.63) is 60.3 Å². The van der Waals surface area contributed by atoms with Crippen LogP contribution in [0.15, 0.2) is 48.7 Å². The summed E-state index contributed by atoms with van der Waals surface area (Å²) in [5, 5.41) is 8.05. The van der Waals surface area contributed by atoms with E-state index < -0.39 is 5.91 Å². The average molecular weight is 395 g/mol. The summed E-state index contributed by atoms with van der Waals surface area (Å²) < 4.78 is 3.60. The van der Waals surface area contributed by atoms with Gasteiger partial charge in [0.15, 0.2) is 0 Å². The molecule has 0 aliphatic carbocycles. The molecule has 0 atom stereocenters. The molecule has 1 aromatic carbocycles. The smallest absolute Gasteiger partial charge is 0.288 e. The van der Waals surface area contributed by atoms with E-state index in [0.717, 1.165) is 44.0 Å². The second kappa shape index (κ2) is 9.63. The lowest BCUT2D eigenvalue weighted by Gasteiger charge is -2.13. The quantitative estimate of drug-likeness (QED) is 0.673. The van der Waals surface area contributed by atoms with Gasteiger partial charge in [0.05, 0.1) is 6.20 Å². The van der Waals surface area contributed by atoms with E-state index in [9.17, 15) is 9.59 Å². The number of primary amides is 1. The van der Waals surface area contributed by atoms with E-state index in [4.69, 9.17) is 5.73 Å². The lowest BCUT2D eigenvalue weighted by molar-refractivity contribution is -0.118. The van der Waals surface area contributed by atoms with Crippen LogP contribution in [0.1, 0.15) is 35.7 Å². The Morgan fingerprint density at radius 1 is 1.00 bits per heavy atom. The van der Waals surface area contributed by atoms with Crippen molar-refractivity contribution in [2.24, 2.45) is 5.73 Å². The Kier molecular flexibility index (Phi) is 6.72. The fourth-order valence-electron chi connectivity index (χ4n) is 3.07.